The quantitative estimate of drug-likeness (QED) is 0.195. The number of nitrogens with one attached hydrogen (secondary N) is 1. The summed E-state index contributed by atoms with van der Waals surface area (Å²) in [6, 6.07) is 31.2. The molecule has 0 spiro atoms. The van der Waals surface area contributed by atoms with Crippen molar-refractivity contribution in [2.75, 3.05) is 11.8 Å². The van der Waals surface area contributed by atoms with Gasteiger partial charge >= 0.3 is 0 Å². The molecule has 0 aliphatic carbocycles. The third-order valence-electron chi connectivity index (χ3n) is 7.99. The smallest absolute Gasteiger partial charge is 0.261 e. The molecule has 6 aromatic carbocycles. The number of phenolic OH excluding ortho intramolecular Hbond substituents is 1. The summed E-state index contributed by atoms with van der Waals surface area (Å²) in [4.78, 5) is 0.162. The molecule has 0 heterocycles. The minimum absolute atomic E-state index is 0.111. The van der Waals surface area contributed by atoms with Crippen LogP contribution in [0, 0.1) is 44.5 Å². The molecular formula is C40H31NO4S. The summed E-state index contributed by atoms with van der Waals surface area (Å²) in [6.45, 7) is 5.94. The molecule has 0 aromatic heterocycles. The van der Waals surface area contributed by atoms with Gasteiger partial charge in [0.25, 0.3) is 10.0 Å². The van der Waals surface area contributed by atoms with E-state index in [-0.39, 0.29) is 10.6 Å². The third-order valence-corrected chi connectivity index (χ3v) is 9.37. The molecule has 0 aliphatic heterocycles. The zero-order chi connectivity index (χ0) is 32.4. The molecule has 0 unspecified atom stereocenters. The van der Waals surface area contributed by atoms with Gasteiger partial charge in [0.15, 0.2) is 0 Å². The first-order valence-corrected chi connectivity index (χ1v) is 16.2. The molecular weight excluding hydrogens is 591 g/mol. The van der Waals surface area contributed by atoms with E-state index in [1.807, 2.05) is 87.5 Å². The monoisotopic (exact) mass is 621 g/mol. The van der Waals surface area contributed by atoms with Crippen molar-refractivity contribution in [2.24, 2.45) is 0 Å². The number of phenols is 1. The number of methoxy groups -OCH3 is 1. The number of fused-ring (bicyclic) bond motifs is 2. The summed E-state index contributed by atoms with van der Waals surface area (Å²) < 4.78 is 35.1. The van der Waals surface area contributed by atoms with E-state index in [2.05, 4.69) is 28.4 Å². The lowest BCUT2D eigenvalue weighted by atomic mass is 9.98. The van der Waals surface area contributed by atoms with Crippen molar-refractivity contribution in [3.8, 4) is 35.2 Å². The fraction of sp³-hybridized carbons (Fsp3) is 0.100. The van der Waals surface area contributed by atoms with Gasteiger partial charge in [0.05, 0.1) is 28.8 Å². The van der Waals surface area contributed by atoms with Gasteiger partial charge in [0, 0.05) is 16.5 Å². The molecule has 0 bridgehead atoms. The fourth-order valence-corrected chi connectivity index (χ4v) is 6.32. The number of hydrogen-bond donors (Lipinski definition) is 2. The van der Waals surface area contributed by atoms with Crippen molar-refractivity contribution in [2.45, 2.75) is 25.7 Å². The highest BCUT2D eigenvalue weighted by Gasteiger charge is 2.17. The Kier molecular flexibility index (Phi) is 8.16. The van der Waals surface area contributed by atoms with Crippen LogP contribution in [0.5, 0.6) is 11.5 Å². The molecule has 0 radical (unpaired) electrons. The maximum absolute atomic E-state index is 13.4. The largest absolute Gasteiger partial charge is 0.507 e. The van der Waals surface area contributed by atoms with E-state index in [0.717, 1.165) is 38.2 Å². The molecule has 0 fully saturated rings. The van der Waals surface area contributed by atoms with Gasteiger partial charge < -0.3 is 9.84 Å². The van der Waals surface area contributed by atoms with E-state index in [9.17, 15) is 13.5 Å². The van der Waals surface area contributed by atoms with Gasteiger partial charge in [-0.3, -0.25) is 4.72 Å². The summed E-state index contributed by atoms with van der Waals surface area (Å²) >= 11 is 0. The number of rotatable bonds is 4. The normalized spacial score (nSPS) is 11.0. The molecule has 5 nitrogen and oxygen atoms in total. The average molecular weight is 622 g/mol. The Hall–Kier alpha value is -5.69. The van der Waals surface area contributed by atoms with E-state index < -0.39 is 10.0 Å². The zero-order valence-electron chi connectivity index (χ0n) is 25.9. The molecule has 0 saturated heterocycles. The second-order valence-corrected chi connectivity index (χ2v) is 12.8. The van der Waals surface area contributed by atoms with E-state index >= 15 is 0 Å². The first-order valence-electron chi connectivity index (χ1n) is 14.7. The topological polar surface area (TPSA) is 75.6 Å². The van der Waals surface area contributed by atoms with Crippen LogP contribution in [0.25, 0.3) is 21.5 Å². The minimum atomic E-state index is -3.89. The number of aromatic hydroxyl groups is 1. The Morgan fingerprint density at radius 3 is 1.98 bits per heavy atom. The molecule has 6 heteroatoms. The van der Waals surface area contributed by atoms with Gasteiger partial charge in [-0.1, -0.05) is 77.8 Å². The van der Waals surface area contributed by atoms with Crippen LogP contribution in [-0.2, 0) is 10.0 Å². The number of ether oxygens (including phenoxy) is 1. The Morgan fingerprint density at radius 1 is 0.652 bits per heavy atom. The van der Waals surface area contributed by atoms with Crippen LogP contribution in [0.15, 0.2) is 108 Å². The van der Waals surface area contributed by atoms with Gasteiger partial charge in [0.1, 0.15) is 11.5 Å². The summed E-state index contributed by atoms with van der Waals surface area (Å²) in [5.74, 6) is 13.8. The predicted octanol–water partition coefficient (Wildman–Crippen LogP) is 8.23. The lowest BCUT2D eigenvalue weighted by Crippen LogP contribution is -2.14. The van der Waals surface area contributed by atoms with Gasteiger partial charge in [0.2, 0.25) is 0 Å². The number of sulfonamides is 1. The Bertz CT molecular complexity index is 2390. The lowest BCUT2D eigenvalue weighted by molar-refractivity contribution is 0.415. The average Bonchev–Trinajstić information content (AvgIpc) is 3.05. The highest BCUT2D eigenvalue weighted by atomic mass is 32.2. The molecule has 0 aliphatic rings. The van der Waals surface area contributed by atoms with E-state index in [0.29, 0.717) is 33.7 Å². The van der Waals surface area contributed by atoms with Crippen LogP contribution in [0.1, 0.15) is 38.9 Å². The Morgan fingerprint density at radius 2 is 1.28 bits per heavy atom. The van der Waals surface area contributed by atoms with Crippen molar-refractivity contribution in [1.29, 1.82) is 0 Å². The number of benzene rings is 6. The second kappa shape index (κ2) is 12.4. The van der Waals surface area contributed by atoms with Gasteiger partial charge in [-0.25, -0.2) is 8.42 Å². The van der Waals surface area contributed by atoms with Gasteiger partial charge in [-0.05, 0) is 103 Å². The maximum atomic E-state index is 13.4. The molecule has 6 aromatic rings. The number of aryl methyl sites for hydroxylation is 3. The van der Waals surface area contributed by atoms with Crippen molar-refractivity contribution in [3.63, 3.8) is 0 Å². The highest BCUT2D eigenvalue weighted by Crippen LogP contribution is 2.31. The van der Waals surface area contributed by atoms with Gasteiger partial charge in [-0.15, -0.1) is 0 Å². The van der Waals surface area contributed by atoms with Crippen LogP contribution in [0.2, 0.25) is 0 Å². The molecule has 6 rings (SSSR count). The molecule has 0 atom stereocenters. The van der Waals surface area contributed by atoms with Gasteiger partial charge in [-0.2, -0.15) is 0 Å². The van der Waals surface area contributed by atoms with Crippen molar-refractivity contribution >= 4 is 37.3 Å². The SMILES string of the molecule is COc1ccc2c(C#Cc3cc(C)c(C)cc3C#Cc3c(O)ccc4ccccc34)c(NS(=O)(=O)c3ccc(C)cc3)ccc2c1. The van der Waals surface area contributed by atoms with Crippen molar-refractivity contribution in [1.82, 2.24) is 0 Å². The van der Waals surface area contributed by atoms with Crippen LogP contribution in [0.4, 0.5) is 5.69 Å². The van der Waals surface area contributed by atoms with Crippen LogP contribution >= 0.6 is 0 Å². The predicted molar refractivity (Wildman–Crippen MR) is 186 cm³/mol. The van der Waals surface area contributed by atoms with E-state index in [4.69, 9.17) is 4.74 Å². The molecule has 46 heavy (non-hydrogen) atoms. The standard InChI is InChI=1S/C40H31NO4S/c1-26-9-16-34(17-10-26)46(43,44)41-39-21-13-32-25-33(45-4)15-20-36(32)37(39)18-11-30-23-27(2)28(3)24-31(30)12-19-38-35-8-6-5-7-29(35)14-22-40(38)42/h5-10,13-17,20-25,41-42H,1-4H3. The molecule has 2 N–H and O–H groups in total. The summed E-state index contributed by atoms with van der Waals surface area (Å²) in [5.41, 5.74) is 5.90. The van der Waals surface area contributed by atoms with Crippen LogP contribution < -0.4 is 9.46 Å². The first-order chi connectivity index (χ1) is 22.1. The Balaban J connectivity index is 1.50. The van der Waals surface area contributed by atoms with Crippen LogP contribution in [-0.4, -0.2) is 20.6 Å². The highest BCUT2D eigenvalue weighted by molar-refractivity contribution is 7.92. The lowest BCUT2D eigenvalue weighted by Gasteiger charge is -2.13. The zero-order valence-corrected chi connectivity index (χ0v) is 26.7. The summed E-state index contributed by atoms with van der Waals surface area (Å²) in [6.07, 6.45) is 0. The van der Waals surface area contributed by atoms with E-state index in [1.165, 1.54) is 0 Å². The van der Waals surface area contributed by atoms with Crippen molar-refractivity contribution < 1.29 is 18.3 Å². The Labute approximate surface area is 269 Å². The molecule has 226 valence electrons. The van der Waals surface area contributed by atoms with E-state index in [1.54, 1.807) is 43.5 Å². The number of hydrogen-bond acceptors (Lipinski definition) is 4. The maximum Gasteiger partial charge on any atom is 0.261 e. The summed E-state index contributed by atoms with van der Waals surface area (Å²) in [5, 5.41) is 14.1. The number of anilines is 1. The van der Waals surface area contributed by atoms with Crippen molar-refractivity contribution in [3.05, 3.63) is 142 Å². The molecule has 0 amide bonds. The second-order valence-electron chi connectivity index (χ2n) is 11.2. The summed E-state index contributed by atoms with van der Waals surface area (Å²) in [7, 11) is -2.28. The fourth-order valence-electron chi connectivity index (χ4n) is 5.25. The minimum Gasteiger partial charge on any atom is -0.507 e. The third kappa shape index (κ3) is 6.13. The first kappa shape index (κ1) is 30.3. The molecule has 0 saturated carbocycles. The van der Waals surface area contributed by atoms with Crippen LogP contribution in [0.3, 0.4) is 0 Å².